The molecule has 0 saturated carbocycles. The summed E-state index contributed by atoms with van der Waals surface area (Å²) in [5.74, 6) is 0.901. The fourth-order valence-corrected chi connectivity index (χ4v) is 2.52. The standard InChI is InChI=1S/C19H21BrN2O5/c1-12(2)27-17-9-4-13(10-16(17)20)19(24)22-21-18(23)11-26-15-7-5-14(25-3)6-8-15/h4-10,12H,11H2,1-3H3,(H,21,23)(H,22,24). The number of benzene rings is 2. The van der Waals surface area contributed by atoms with Crippen LogP contribution in [0.5, 0.6) is 17.2 Å². The van der Waals surface area contributed by atoms with E-state index in [4.69, 9.17) is 14.2 Å². The molecule has 2 aromatic rings. The highest BCUT2D eigenvalue weighted by Gasteiger charge is 2.11. The van der Waals surface area contributed by atoms with Gasteiger partial charge in [0.2, 0.25) is 0 Å². The number of carbonyl (C=O) groups excluding carboxylic acids is 2. The fourth-order valence-electron chi connectivity index (χ4n) is 2.05. The van der Waals surface area contributed by atoms with E-state index in [1.165, 1.54) is 0 Å². The van der Waals surface area contributed by atoms with Gasteiger partial charge in [0.25, 0.3) is 11.8 Å². The minimum Gasteiger partial charge on any atom is -0.497 e. The summed E-state index contributed by atoms with van der Waals surface area (Å²) in [5.41, 5.74) is 5.02. The van der Waals surface area contributed by atoms with Crippen LogP contribution in [0.1, 0.15) is 24.2 Å². The van der Waals surface area contributed by atoms with Crippen LogP contribution < -0.4 is 25.1 Å². The predicted octanol–water partition coefficient (Wildman–Crippen LogP) is 3.08. The summed E-state index contributed by atoms with van der Waals surface area (Å²) in [6.07, 6.45) is 0.0194. The Morgan fingerprint density at radius 1 is 1.04 bits per heavy atom. The molecular formula is C19H21BrN2O5. The molecule has 2 rings (SSSR count). The molecule has 7 nitrogen and oxygen atoms in total. The number of methoxy groups -OCH3 is 1. The Morgan fingerprint density at radius 2 is 1.70 bits per heavy atom. The number of carbonyl (C=O) groups is 2. The first-order valence-corrected chi connectivity index (χ1v) is 9.00. The van der Waals surface area contributed by atoms with Crippen LogP contribution in [0.25, 0.3) is 0 Å². The van der Waals surface area contributed by atoms with Crippen molar-refractivity contribution in [1.29, 1.82) is 0 Å². The van der Waals surface area contributed by atoms with Crippen LogP contribution in [0, 0.1) is 0 Å². The summed E-state index contributed by atoms with van der Waals surface area (Å²) < 4.78 is 16.6. The Labute approximate surface area is 166 Å². The van der Waals surface area contributed by atoms with Gasteiger partial charge in [0.15, 0.2) is 6.61 Å². The van der Waals surface area contributed by atoms with E-state index in [2.05, 4.69) is 26.8 Å². The van der Waals surface area contributed by atoms with Crippen molar-refractivity contribution in [2.24, 2.45) is 0 Å². The van der Waals surface area contributed by atoms with Crippen molar-refractivity contribution in [3.8, 4) is 17.2 Å². The van der Waals surface area contributed by atoms with Gasteiger partial charge in [0, 0.05) is 5.56 Å². The van der Waals surface area contributed by atoms with Crippen molar-refractivity contribution in [3.63, 3.8) is 0 Å². The second-order valence-electron chi connectivity index (χ2n) is 5.78. The molecular weight excluding hydrogens is 416 g/mol. The molecule has 144 valence electrons. The molecule has 2 N–H and O–H groups in total. The van der Waals surface area contributed by atoms with Crippen LogP contribution >= 0.6 is 15.9 Å². The van der Waals surface area contributed by atoms with Crippen LogP contribution in [-0.4, -0.2) is 31.6 Å². The van der Waals surface area contributed by atoms with Crippen molar-refractivity contribution in [3.05, 3.63) is 52.5 Å². The zero-order valence-electron chi connectivity index (χ0n) is 15.2. The van der Waals surface area contributed by atoms with Crippen LogP contribution in [0.2, 0.25) is 0 Å². The van der Waals surface area contributed by atoms with Gasteiger partial charge >= 0.3 is 0 Å². The SMILES string of the molecule is COc1ccc(OCC(=O)NNC(=O)c2ccc(OC(C)C)c(Br)c2)cc1. The molecule has 0 bridgehead atoms. The number of ether oxygens (including phenoxy) is 3. The summed E-state index contributed by atoms with van der Waals surface area (Å²) in [6, 6.07) is 11.7. The lowest BCUT2D eigenvalue weighted by Crippen LogP contribution is -2.43. The van der Waals surface area contributed by atoms with Crippen LogP contribution in [0.4, 0.5) is 0 Å². The third-order valence-corrected chi connectivity index (χ3v) is 3.92. The maximum Gasteiger partial charge on any atom is 0.276 e. The zero-order chi connectivity index (χ0) is 19.8. The van der Waals surface area contributed by atoms with Gasteiger partial charge in [0.1, 0.15) is 17.2 Å². The van der Waals surface area contributed by atoms with E-state index >= 15 is 0 Å². The molecule has 8 heteroatoms. The Balaban J connectivity index is 1.81. The van der Waals surface area contributed by atoms with E-state index in [9.17, 15) is 9.59 Å². The molecule has 0 aliphatic carbocycles. The van der Waals surface area contributed by atoms with Gasteiger partial charge in [-0.3, -0.25) is 20.4 Å². The molecule has 2 aromatic carbocycles. The number of nitrogens with one attached hydrogen (secondary N) is 2. The highest BCUT2D eigenvalue weighted by atomic mass is 79.9. The van der Waals surface area contributed by atoms with Crippen LogP contribution in [0.15, 0.2) is 46.9 Å². The first kappa shape index (κ1) is 20.6. The third kappa shape index (κ3) is 6.49. The molecule has 0 atom stereocenters. The van der Waals surface area contributed by atoms with E-state index in [0.717, 1.165) is 0 Å². The smallest absolute Gasteiger partial charge is 0.276 e. The molecule has 0 fully saturated rings. The van der Waals surface area contributed by atoms with E-state index in [1.54, 1.807) is 49.6 Å². The number of rotatable bonds is 7. The van der Waals surface area contributed by atoms with Gasteiger partial charge in [-0.1, -0.05) is 0 Å². The number of hydrogen-bond donors (Lipinski definition) is 2. The summed E-state index contributed by atoms with van der Waals surface area (Å²) >= 11 is 3.36. The maximum absolute atomic E-state index is 12.1. The van der Waals surface area contributed by atoms with Gasteiger partial charge in [-0.25, -0.2) is 0 Å². The van der Waals surface area contributed by atoms with E-state index in [-0.39, 0.29) is 12.7 Å². The van der Waals surface area contributed by atoms with E-state index < -0.39 is 11.8 Å². The Bertz CT molecular complexity index is 793. The molecule has 0 unspecified atom stereocenters. The van der Waals surface area contributed by atoms with Gasteiger partial charge in [-0.05, 0) is 72.2 Å². The molecule has 27 heavy (non-hydrogen) atoms. The second kappa shape index (κ2) is 9.82. The Hall–Kier alpha value is -2.74. The highest BCUT2D eigenvalue weighted by Crippen LogP contribution is 2.26. The largest absolute Gasteiger partial charge is 0.497 e. The molecule has 2 amide bonds. The van der Waals surface area contributed by atoms with Gasteiger partial charge in [-0.2, -0.15) is 0 Å². The lowest BCUT2D eigenvalue weighted by atomic mass is 10.2. The molecule has 0 spiro atoms. The van der Waals surface area contributed by atoms with E-state index in [1.807, 2.05) is 13.8 Å². The Kier molecular flexibility index (Phi) is 7.48. The quantitative estimate of drug-likeness (QED) is 0.651. The highest BCUT2D eigenvalue weighted by molar-refractivity contribution is 9.10. The minimum atomic E-state index is -0.488. The summed E-state index contributed by atoms with van der Waals surface area (Å²) in [7, 11) is 1.56. The second-order valence-corrected chi connectivity index (χ2v) is 6.63. The molecule has 0 aliphatic rings. The number of amides is 2. The molecule has 0 saturated heterocycles. The van der Waals surface area contributed by atoms with Gasteiger partial charge in [0.05, 0.1) is 17.7 Å². The predicted molar refractivity (Wildman–Crippen MR) is 104 cm³/mol. The molecule has 0 aliphatic heterocycles. The van der Waals surface area contributed by atoms with Crippen molar-refractivity contribution in [2.45, 2.75) is 20.0 Å². The average molecular weight is 437 g/mol. The third-order valence-electron chi connectivity index (χ3n) is 3.30. The van der Waals surface area contributed by atoms with Crippen molar-refractivity contribution in [2.75, 3.05) is 13.7 Å². The summed E-state index contributed by atoms with van der Waals surface area (Å²) in [6.45, 7) is 3.59. The Morgan fingerprint density at radius 3 is 2.30 bits per heavy atom. The summed E-state index contributed by atoms with van der Waals surface area (Å²) in [5, 5.41) is 0. The van der Waals surface area contributed by atoms with Gasteiger partial charge < -0.3 is 14.2 Å². The molecule has 0 heterocycles. The van der Waals surface area contributed by atoms with Gasteiger partial charge in [-0.15, -0.1) is 0 Å². The van der Waals surface area contributed by atoms with Crippen molar-refractivity contribution >= 4 is 27.7 Å². The van der Waals surface area contributed by atoms with Crippen LogP contribution in [-0.2, 0) is 4.79 Å². The number of hydrogen-bond acceptors (Lipinski definition) is 5. The molecule has 0 aromatic heterocycles. The lowest BCUT2D eigenvalue weighted by molar-refractivity contribution is -0.123. The first-order chi connectivity index (χ1) is 12.9. The van der Waals surface area contributed by atoms with Crippen molar-refractivity contribution < 1.29 is 23.8 Å². The average Bonchev–Trinajstić information content (AvgIpc) is 2.66. The first-order valence-electron chi connectivity index (χ1n) is 8.21. The number of hydrazine groups is 1. The fraction of sp³-hybridized carbons (Fsp3) is 0.263. The normalized spacial score (nSPS) is 10.3. The summed E-state index contributed by atoms with van der Waals surface area (Å²) in [4.78, 5) is 24.0. The van der Waals surface area contributed by atoms with Crippen molar-refractivity contribution in [1.82, 2.24) is 10.9 Å². The van der Waals surface area contributed by atoms with Crippen LogP contribution in [0.3, 0.4) is 0 Å². The minimum absolute atomic E-state index is 0.0194. The number of halogens is 1. The lowest BCUT2D eigenvalue weighted by Gasteiger charge is -2.13. The van der Waals surface area contributed by atoms with E-state index in [0.29, 0.717) is 27.3 Å². The molecule has 0 radical (unpaired) electrons. The zero-order valence-corrected chi connectivity index (χ0v) is 16.8. The topological polar surface area (TPSA) is 85.9 Å². The maximum atomic E-state index is 12.1. The monoisotopic (exact) mass is 436 g/mol.